The lowest BCUT2D eigenvalue weighted by molar-refractivity contribution is 0.0706. The minimum Gasteiger partial charge on any atom is -0.460 e. The van der Waals surface area contributed by atoms with Crippen LogP contribution in [-0.4, -0.2) is 34.3 Å². The fourth-order valence-corrected chi connectivity index (χ4v) is 2.77. The molecule has 0 bridgehead atoms. The van der Waals surface area contributed by atoms with Gasteiger partial charge in [0.2, 0.25) is 0 Å². The van der Waals surface area contributed by atoms with Gasteiger partial charge in [0.05, 0.1) is 13.2 Å². The molecule has 0 aliphatic carbocycles. The molecule has 6 nitrogen and oxygen atoms in total. The Labute approximate surface area is 145 Å². The van der Waals surface area contributed by atoms with E-state index in [2.05, 4.69) is 4.90 Å². The van der Waals surface area contributed by atoms with Crippen molar-refractivity contribution >= 4 is 16.9 Å². The van der Waals surface area contributed by atoms with Gasteiger partial charge in [0.15, 0.2) is 0 Å². The third kappa shape index (κ3) is 4.24. The quantitative estimate of drug-likeness (QED) is 0.455. The van der Waals surface area contributed by atoms with Crippen molar-refractivity contribution in [2.75, 3.05) is 13.2 Å². The van der Waals surface area contributed by atoms with Gasteiger partial charge in [0, 0.05) is 24.0 Å². The summed E-state index contributed by atoms with van der Waals surface area (Å²) in [7, 11) is 0. The first kappa shape index (κ1) is 17.2. The average Bonchev–Trinajstić information content (AvgIpc) is 3.04. The van der Waals surface area contributed by atoms with E-state index in [9.17, 15) is 9.90 Å². The minimum absolute atomic E-state index is 0.0469. The number of amides is 1. The molecule has 130 valence electrons. The zero-order chi connectivity index (χ0) is 17.6. The molecule has 6 heteroatoms. The summed E-state index contributed by atoms with van der Waals surface area (Å²) in [5.74, 6) is 0.298. The van der Waals surface area contributed by atoms with E-state index < -0.39 is 5.91 Å². The van der Waals surface area contributed by atoms with Crippen molar-refractivity contribution in [3.63, 3.8) is 0 Å². The van der Waals surface area contributed by atoms with E-state index in [1.807, 2.05) is 42.5 Å². The van der Waals surface area contributed by atoms with E-state index in [0.717, 1.165) is 22.3 Å². The highest BCUT2D eigenvalue weighted by molar-refractivity contribution is 5.93. The van der Waals surface area contributed by atoms with Crippen LogP contribution in [-0.2, 0) is 13.1 Å². The van der Waals surface area contributed by atoms with Gasteiger partial charge in [-0.3, -0.25) is 14.9 Å². The Morgan fingerprint density at radius 3 is 2.52 bits per heavy atom. The van der Waals surface area contributed by atoms with Crippen molar-refractivity contribution in [1.29, 1.82) is 0 Å². The zero-order valence-electron chi connectivity index (χ0n) is 13.7. The highest BCUT2D eigenvalue weighted by Gasteiger charge is 2.11. The molecule has 0 saturated heterocycles. The number of hydrogen-bond acceptors (Lipinski definition) is 5. The first-order valence-corrected chi connectivity index (χ1v) is 8.03. The molecule has 0 aliphatic rings. The number of aliphatic hydroxyl groups is 1. The molecule has 0 unspecified atom stereocenters. The van der Waals surface area contributed by atoms with Crippen molar-refractivity contribution < 1.29 is 19.5 Å². The highest BCUT2D eigenvalue weighted by Crippen LogP contribution is 2.20. The highest BCUT2D eigenvalue weighted by atomic mass is 16.5. The molecule has 0 spiro atoms. The lowest BCUT2D eigenvalue weighted by Crippen LogP contribution is -2.26. The Hall–Kier alpha value is -2.67. The Kier molecular flexibility index (Phi) is 5.45. The summed E-state index contributed by atoms with van der Waals surface area (Å²) >= 11 is 0. The number of rotatable bonds is 7. The molecule has 0 saturated carbocycles. The second-order valence-electron chi connectivity index (χ2n) is 5.82. The van der Waals surface area contributed by atoms with Gasteiger partial charge in [0.1, 0.15) is 11.3 Å². The zero-order valence-corrected chi connectivity index (χ0v) is 13.7. The number of para-hydroxylation sites is 1. The predicted octanol–water partition coefficient (Wildman–Crippen LogP) is 2.55. The molecule has 1 heterocycles. The normalized spacial score (nSPS) is 11.2. The number of carbonyl (C=O) groups is 1. The molecule has 3 rings (SSSR count). The fourth-order valence-electron chi connectivity index (χ4n) is 2.77. The van der Waals surface area contributed by atoms with Crippen molar-refractivity contribution in [2.24, 2.45) is 0 Å². The summed E-state index contributed by atoms with van der Waals surface area (Å²) in [6.45, 7) is 1.74. The smallest absolute Gasteiger partial charge is 0.274 e. The van der Waals surface area contributed by atoms with Crippen LogP contribution in [0.4, 0.5) is 0 Å². The summed E-state index contributed by atoms with van der Waals surface area (Å²) < 4.78 is 5.84. The SMILES string of the molecule is O=C(NO)c1ccc(CN(CCO)Cc2cc3ccccc3o2)cc1. The summed E-state index contributed by atoms with van der Waals surface area (Å²) in [6.07, 6.45) is 0. The van der Waals surface area contributed by atoms with Gasteiger partial charge < -0.3 is 9.52 Å². The third-order valence-electron chi connectivity index (χ3n) is 4.00. The largest absolute Gasteiger partial charge is 0.460 e. The van der Waals surface area contributed by atoms with Crippen LogP contribution >= 0.6 is 0 Å². The number of aliphatic hydroxyl groups excluding tert-OH is 1. The molecule has 0 radical (unpaired) electrons. The Morgan fingerprint density at radius 1 is 1.08 bits per heavy atom. The maximum Gasteiger partial charge on any atom is 0.274 e. The van der Waals surface area contributed by atoms with Crippen molar-refractivity contribution in [3.05, 3.63) is 71.5 Å². The average molecular weight is 340 g/mol. The third-order valence-corrected chi connectivity index (χ3v) is 4.00. The molecular formula is C19H20N2O4. The molecule has 0 aliphatic heterocycles. The number of nitrogens with zero attached hydrogens (tertiary/aromatic N) is 1. The lowest BCUT2D eigenvalue weighted by Gasteiger charge is -2.20. The van der Waals surface area contributed by atoms with Crippen LogP contribution in [0.3, 0.4) is 0 Å². The molecule has 25 heavy (non-hydrogen) atoms. The van der Waals surface area contributed by atoms with Gasteiger partial charge in [-0.05, 0) is 29.8 Å². The number of hydroxylamine groups is 1. The molecule has 0 fully saturated rings. The van der Waals surface area contributed by atoms with Crippen LogP contribution in [0.1, 0.15) is 21.7 Å². The van der Waals surface area contributed by atoms with Gasteiger partial charge in [-0.1, -0.05) is 30.3 Å². The van der Waals surface area contributed by atoms with Gasteiger partial charge in [0.25, 0.3) is 5.91 Å². The monoisotopic (exact) mass is 340 g/mol. The van der Waals surface area contributed by atoms with Gasteiger partial charge in [-0.25, -0.2) is 5.48 Å². The molecule has 2 aromatic carbocycles. The Morgan fingerprint density at radius 2 is 1.84 bits per heavy atom. The Balaban J connectivity index is 1.71. The minimum atomic E-state index is -0.541. The number of fused-ring (bicyclic) bond motifs is 1. The lowest BCUT2D eigenvalue weighted by atomic mass is 10.1. The van der Waals surface area contributed by atoms with Crippen molar-refractivity contribution in [3.8, 4) is 0 Å². The van der Waals surface area contributed by atoms with E-state index in [-0.39, 0.29) is 6.61 Å². The first-order chi connectivity index (χ1) is 12.2. The van der Waals surface area contributed by atoms with Crippen LogP contribution in [0.5, 0.6) is 0 Å². The summed E-state index contributed by atoms with van der Waals surface area (Å²) in [5.41, 5.74) is 3.85. The van der Waals surface area contributed by atoms with E-state index in [0.29, 0.717) is 25.2 Å². The molecule has 1 amide bonds. The van der Waals surface area contributed by atoms with E-state index in [1.165, 1.54) is 0 Å². The standard InChI is InChI=1S/C19H20N2O4/c22-10-9-21(12-14-5-7-15(8-6-14)19(23)20-24)13-17-11-16-3-1-2-4-18(16)25-17/h1-8,11,22,24H,9-10,12-13H2,(H,20,23). The molecular weight excluding hydrogens is 320 g/mol. The van der Waals surface area contributed by atoms with Crippen LogP contribution < -0.4 is 5.48 Å². The number of furan rings is 1. The number of carbonyl (C=O) groups excluding carboxylic acids is 1. The Bertz CT molecular complexity index is 809. The van der Waals surface area contributed by atoms with Crippen molar-refractivity contribution in [2.45, 2.75) is 13.1 Å². The molecule has 1 aromatic heterocycles. The topological polar surface area (TPSA) is 85.9 Å². The predicted molar refractivity (Wildman–Crippen MR) is 93.1 cm³/mol. The van der Waals surface area contributed by atoms with E-state index >= 15 is 0 Å². The van der Waals surface area contributed by atoms with E-state index in [4.69, 9.17) is 9.62 Å². The van der Waals surface area contributed by atoms with Crippen LogP contribution in [0.15, 0.2) is 59.0 Å². The maximum absolute atomic E-state index is 11.4. The first-order valence-electron chi connectivity index (χ1n) is 8.03. The summed E-state index contributed by atoms with van der Waals surface area (Å²) in [5, 5.41) is 19.0. The second kappa shape index (κ2) is 7.94. The number of hydrogen-bond donors (Lipinski definition) is 3. The van der Waals surface area contributed by atoms with Gasteiger partial charge >= 0.3 is 0 Å². The van der Waals surface area contributed by atoms with Crippen LogP contribution in [0.2, 0.25) is 0 Å². The van der Waals surface area contributed by atoms with Gasteiger partial charge in [-0.15, -0.1) is 0 Å². The van der Waals surface area contributed by atoms with Crippen molar-refractivity contribution in [1.82, 2.24) is 10.4 Å². The van der Waals surface area contributed by atoms with Gasteiger partial charge in [-0.2, -0.15) is 0 Å². The summed E-state index contributed by atoms with van der Waals surface area (Å²) in [6, 6.07) is 16.8. The molecule has 3 N–H and O–H groups in total. The maximum atomic E-state index is 11.4. The molecule has 3 aromatic rings. The van der Waals surface area contributed by atoms with E-state index in [1.54, 1.807) is 17.6 Å². The molecule has 0 atom stereocenters. The fraction of sp³-hybridized carbons (Fsp3) is 0.211. The number of nitrogens with one attached hydrogen (secondary N) is 1. The summed E-state index contributed by atoms with van der Waals surface area (Å²) in [4.78, 5) is 13.4. The number of benzene rings is 2. The van der Waals surface area contributed by atoms with Crippen LogP contribution in [0, 0.1) is 0 Å². The van der Waals surface area contributed by atoms with Crippen LogP contribution in [0.25, 0.3) is 11.0 Å². The second-order valence-corrected chi connectivity index (χ2v) is 5.82.